The summed E-state index contributed by atoms with van der Waals surface area (Å²) in [4.78, 5) is 25.7. The van der Waals surface area contributed by atoms with Gasteiger partial charge in [0.05, 0.1) is 13.2 Å². The SMILES string of the molecule is CCN(CC)C(=O)C(=O)c1ccc2c(c1)OCCCO2. The fourth-order valence-electron chi connectivity index (χ4n) is 2.08. The molecule has 0 saturated carbocycles. The van der Waals surface area contributed by atoms with Crippen LogP contribution >= 0.6 is 0 Å². The maximum atomic E-state index is 12.2. The number of hydrogen-bond donors (Lipinski definition) is 0. The molecule has 5 nitrogen and oxygen atoms in total. The van der Waals surface area contributed by atoms with Crippen molar-refractivity contribution in [2.45, 2.75) is 20.3 Å². The topological polar surface area (TPSA) is 55.8 Å². The number of carbonyl (C=O) groups is 2. The van der Waals surface area contributed by atoms with Crippen molar-refractivity contribution in [1.82, 2.24) is 4.90 Å². The molecule has 5 heteroatoms. The number of carbonyl (C=O) groups excluding carboxylic acids is 2. The van der Waals surface area contributed by atoms with Gasteiger partial charge in [-0.15, -0.1) is 0 Å². The molecular formula is C15H19NO4. The van der Waals surface area contributed by atoms with Gasteiger partial charge in [0, 0.05) is 25.1 Å². The first-order valence-electron chi connectivity index (χ1n) is 6.90. The second-order valence-electron chi connectivity index (χ2n) is 4.52. The number of nitrogens with zero attached hydrogens (tertiary/aromatic N) is 1. The Hall–Kier alpha value is -2.04. The van der Waals surface area contributed by atoms with Crippen molar-refractivity contribution in [1.29, 1.82) is 0 Å². The molecule has 0 atom stereocenters. The Morgan fingerprint density at radius 2 is 1.75 bits per heavy atom. The molecule has 0 aromatic heterocycles. The molecule has 108 valence electrons. The monoisotopic (exact) mass is 277 g/mol. The third kappa shape index (κ3) is 2.92. The van der Waals surface area contributed by atoms with E-state index in [1.54, 1.807) is 18.2 Å². The van der Waals surface area contributed by atoms with E-state index in [0.717, 1.165) is 6.42 Å². The third-order valence-corrected chi connectivity index (χ3v) is 3.25. The van der Waals surface area contributed by atoms with E-state index in [2.05, 4.69) is 0 Å². The average Bonchev–Trinajstić information content (AvgIpc) is 2.72. The highest BCUT2D eigenvalue weighted by Crippen LogP contribution is 2.30. The molecule has 0 spiro atoms. The minimum atomic E-state index is -0.510. The lowest BCUT2D eigenvalue weighted by Gasteiger charge is -2.17. The number of likely N-dealkylation sites (N-methyl/N-ethyl adjacent to an activating group) is 1. The van der Waals surface area contributed by atoms with E-state index < -0.39 is 11.7 Å². The quantitative estimate of drug-likeness (QED) is 0.623. The van der Waals surface area contributed by atoms with Gasteiger partial charge in [-0.25, -0.2) is 0 Å². The molecule has 2 rings (SSSR count). The van der Waals surface area contributed by atoms with Gasteiger partial charge in [-0.1, -0.05) is 0 Å². The van der Waals surface area contributed by atoms with Crippen molar-refractivity contribution in [3.8, 4) is 11.5 Å². The van der Waals surface area contributed by atoms with Gasteiger partial charge in [-0.3, -0.25) is 9.59 Å². The summed E-state index contributed by atoms with van der Waals surface area (Å²) in [5, 5.41) is 0. The summed E-state index contributed by atoms with van der Waals surface area (Å²) in [5.41, 5.74) is 0.339. The van der Waals surface area contributed by atoms with Crippen molar-refractivity contribution >= 4 is 11.7 Å². The van der Waals surface area contributed by atoms with E-state index in [-0.39, 0.29) is 0 Å². The number of Topliss-reactive ketones (excluding diaryl/α,β-unsaturated/α-hetero) is 1. The first-order chi connectivity index (χ1) is 9.67. The zero-order chi connectivity index (χ0) is 14.5. The molecule has 0 fully saturated rings. The molecule has 1 amide bonds. The zero-order valence-corrected chi connectivity index (χ0v) is 11.8. The lowest BCUT2D eigenvalue weighted by atomic mass is 10.1. The molecule has 1 aromatic rings. The normalized spacial score (nSPS) is 13.5. The number of amides is 1. The van der Waals surface area contributed by atoms with Gasteiger partial charge >= 0.3 is 0 Å². The second-order valence-corrected chi connectivity index (χ2v) is 4.52. The summed E-state index contributed by atoms with van der Waals surface area (Å²) in [6.07, 6.45) is 0.802. The van der Waals surface area contributed by atoms with Crippen LogP contribution in [0.4, 0.5) is 0 Å². The molecule has 1 aliphatic heterocycles. The summed E-state index contributed by atoms with van der Waals surface area (Å²) >= 11 is 0. The highest BCUT2D eigenvalue weighted by atomic mass is 16.5. The highest BCUT2D eigenvalue weighted by molar-refractivity contribution is 6.42. The van der Waals surface area contributed by atoms with Crippen LogP contribution in [0.1, 0.15) is 30.6 Å². The molecule has 20 heavy (non-hydrogen) atoms. The molecular weight excluding hydrogens is 258 g/mol. The predicted octanol–water partition coefficient (Wildman–Crippen LogP) is 1.90. The van der Waals surface area contributed by atoms with Gasteiger partial charge in [-0.05, 0) is 32.0 Å². The lowest BCUT2D eigenvalue weighted by molar-refractivity contribution is -0.126. The smallest absolute Gasteiger partial charge is 0.294 e. The standard InChI is InChI=1S/C15H19NO4/c1-3-16(4-2)15(18)14(17)11-6-7-12-13(10-11)20-9-5-8-19-12/h6-7,10H,3-5,8-9H2,1-2H3. The maximum absolute atomic E-state index is 12.2. The summed E-state index contributed by atoms with van der Waals surface area (Å²) < 4.78 is 11.0. The number of benzene rings is 1. The van der Waals surface area contributed by atoms with Crippen LogP contribution in [-0.4, -0.2) is 42.9 Å². The van der Waals surface area contributed by atoms with Crippen molar-refractivity contribution in [2.75, 3.05) is 26.3 Å². The lowest BCUT2D eigenvalue weighted by Crippen LogP contribution is -2.36. The van der Waals surface area contributed by atoms with Crippen LogP contribution in [0.2, 0.25) is 0 Å². The van der Waals surface area contributed by atoms with Crippen molar-refractivity contribution in [3.05, 3.63) is 23.8 Å². The summed E-state index contributed by atoms with van der Waals surface area (Å²) in [7, 11) is 0. The molecule has 1 aromatic carbocycles. The molecule has 0 aliphatic carbocycles. The Labute approximate surface area is 118 Å². The Morgan fingerprint density at radius 1 is 1.10 bits per heavy atom. The number of ketones is 1. The van der Waals surface area contributed by atoms with Gasteiger partial charge in [0.1, 0.15) is 0 Å². The van der Waals surface area contributed by atoms with E-state index in [1.807, 2.05) is 13.8 Å². The minimum Gasteiger partial charge on any atom is -0.490 e. The summed E-state index contributed by atoms with van der Waals surface area (Å²) in [5.74, 6) is 0.156. The largest absolute Gasteiger partial charge is 0.490 e. The highest BCUT2D eigenvalue weighted by Gasteiger charge is 2.22. The van der Waals surface area contributed by atoms with Gasteiger partial charge in [0.2, 0.25) is 0 Å². The van der Waals surface area contributed by atoms with E-state index >= 15 is 0 Å². The Morgan fingerprint density at radius 3 is 2.40 bits per heavy atom. The first-order valence-corrected chi connectivity index (χ1v) is 6.90. The molecule has 0 N–H and O–H groups in total. The van der Waals surface area contributed by atoms with Crippen LogP contribution in [0, 0.1) is 0 Å². The molecule has 0 bridgehead atoms. The first kappa shape index (κ1) is 14.4. The van der Waals surface area contributed by atoms with Crippen molar-refractivity contribution in [2.24, 2.45) is 0 Å². The predicted molar refractivity (Wildman–Crippen MR) is 74.3 cm³/mol. The maximum Gasteiger partial charge on any atom is 0.294 e. The van der Waals surface area contributed by atoms with Gasteiger partial charge in [-0.2, -0.15) is 0 Å². The van der Waals surface area contributed by atoms with Crippen LogP contribution in [0.3, 0.4) is 0 Å². The van der Waals surface area contributed by atoms with Crippen LogP contribution in [0.25, 0.3) is 0 Å². The van der Waals surface area contributed by atoms with Crippen LogP contribution in [-0.2, 0) is 4.79 Å². The number of hydrogen-bond acceptors (Lipinski definition) is 4. The number of ether oxygens (including phenoxy) is 2. The van der Waals surface area contributed by atoms with E-state index in [0.29, 0.717) is 43.4 Å². The summed E-state index contributed by atoms with van der Waals surface area (Å²) in [6, 6.07) is 4.88. The molecule has 1 aliphatic rings. The zero-order valence-electron chi connectivity index (χ0n) is 11.8. The summed E-state index contributed by atoms with van der Waals surface area (Å²) in [6.45, 7) is 5.88. The number of rotatable bonds is 4. The Kier molecular flexibility index (Phi) is 4.61. The molecule has 0 radical (unpaired) electrons. The Bertz CT molecular complexity index is 509. The fraction of sp³-hybridized carbons (Fsp3) is 0.467. The van der Waals surface area contributed by atoms with Gasteiger partial charge in [0.25, 0.3) is 11.7 Å². The van der Waals surface area contributed by atoms with E-state index in [4.69, 9.17) is 9.47 Å². The van der Waals surface area contributed by atoms with E-state index in [9.17, 15) is 9.59 Å². The van der Waals surface area contributed by atoms with Gasteiger partial charge in [0.15, 0.2) is 11.5 Å². The minimum absolute atomic E-state index is 0.339. The van der Waals surface area contributed by atoms with E-state index in [1.165, 1.54) is 4.90 Å². The molecule has 0 saturated heterocycles. The molecule has 1 heterocycles. The fourth-order valence-corrected chi connectivity index (χ4v) is 2.08. The van der Waals surface area contributed by atoms with Crippen molar-refractivity contribution < 1.29 is 19.1 Å². The number of fused-ring (bicyclic) bond motifs is 1. The van der Waals surface area contributed by atoms with Crippen LogP contribution in [0.5, 0.6) is 11.5 Å². The average molecular weight is 277 g/mol. The second kappa shape index (κ2) is 6.41. The van der Waals surface area contributed by atoms with Crippen molar-refractivity contribution in [3.63, 3.8) is 0 Å². The van der Waals surface area contributed by atoms with Crippen LogP contribution in [0.15, 0.2) is 18.2 Å². The Balaban J connectivity index is 2.22. The van der Waals surface area contributed by atoms with Gasteiger partial charge < -0.3 is 14.4 Å². The molecule has 0 unspecified atom stereocenters. The third-order valence-electron chi connectivity index (χ3n) is 3.25. The van der Waals surface area contributed by atoms with Crippen LogP contribution < -0.4 is 9.47 Å².